The number of rotatable bonds is 3. The molecule has 0 spiro atoms. The summed E-state index contributed by atoms with van der Waals surface area (Å²) in [5.74, 6) is 0. The van der Waals surface area contributed by atoms with Gasteiger partial charge in [0.05, 0.1) is 5.56 Å². The van der Waals surface area contributed by atoms with E-state index in [4.69, 9.17) is 12.2 Å². The second-order valence-corrected chi connectivity index (χ2v) is 4.11. The number of carbonyl (C=O) groups is 1. The second kappa shape index (κ2) is 7.90. The summed E-state index contributed by atoms with van der Waals surface area (Å²) >= 11 is 7.90. The first-order valence-corrected chi connectivity index (χ1v) is 7.26. The van der Waals surface area contributed by atoms with Gasteiger partial charge in [0.2, 0.25) is 0 Å². The van der Waals surface area contributed by atoms with Gasteiger partial charge in [-0.2, -0.15) is 0 Å². The minimum absolute atomic E-state index is 0.457. The zero-order valence-electron chi connectivity index (χ0n) is 9.16. The van der Waals surface area contributed by atoms with Gasteiger partial charge in [-0.1, -0.05) is 37.8 Å². The fourth-order valence-corrected chi connectivity index (χ4v) is 2.17. The van der Waals surface area contributed by atoms with Gasteiger partial charge >= 0.3 is 0 Å². The van der Waals surface area contributed by atoms with Crippen molar-refractivity contribution >= 4 is 42.0 Å². The number of carbonyl (C=O) groups excluding carboxylic acids is 1. The number of nitrogens with one attached hydrogen (secondary N) is 1. The summed E-state index contributed by atoms with van der Waals surface area (Å²) in [5, 5.41) is 1.42. The van der Waals surface area contributed by atoms with E-state index < -0.39 is 0 Å². The maximum absolute atomic E-state index is 10.7. The van der Waals surface area contributed by atoms with Crippen LogP contribution in [0.4, 0.5) is 0 Å². The molecule has 0 amide bonds. The summed E-state index contributed by atoms with van der Waals surface area (Å²) in [6, 6.07) is 0. The molecule has 0 fully saturated rings. The molecule has 0 aromatic carbocycles. The lowest BCUT2D eigenvalue weighted by Crippen LogP contribution is -1.96. The van der Waals surface area contributed by atoms with E-state index in [0.29, 0.717) is 15.2 Å². The van der Waals surface area contributed by atoms with Gasteiger partial charge in [0.1, 0.15) is 9.67 Å². The molecule has 1 heterocycles. The Morgan fingerprint density at radius 1 is 1.33 bits per heavy atom. The van der Waals surface area contributed by atoms with Crippen molar-refractivity contribution < 1.29 is 4.79 Å². The van der Waals surface area contributed by atoms with E-state index in [9.17, 15) is 4.79 Å². The highest BCUT2D eigenvalue weighted by molar-refractivity contribution is 7.99. The average molecular weight is 262 g/mol. The van der Waals surface area contributed by atoms with Crippen LogP contribution >= 0.6 is 35.7 Å². The Balaban J connectivity index is 0.000000921. The highest BCUT2D eigenvalue weighted by Crippen LogP contribution is 2.19. The Hall–Kier alpha value is -0.330. The number of aromatic nitrogens is 2. The predicted molar refractivity (Wildman–Crippen MR) is 69.7 cm³/mol. The van der Waals surface area contributed by atoms with Crippen molar-refractivity contribution in [2.75, 3.05) is 12.5 Å². The van der Waals surface area contributed by atoms with E-state index in [2.05, 4.69) is 9.97 Å². The number of nitrogens with zero attached hydrogens (tertiary/aromatic N) is 1. The first-order valence-electron chi connectivity index (χ1n) is 4.40. The summed E-state index contributed by atoms with van der Waals surface area (Å²) in [6.45, 7) is 4.00. The van der Waals surface area contributed by atoms with Crippen LogP contribution in [-0.2, 0) is 0 Å². The van der Waals surface area contributed by atoms with Gasteiger partial charge in [0, 0.05) is 0 Å². The summed E-state index contributed by atoms with van der Waals surface area (Å²) in [4.78, 5) is 17.7. The molecule has 0 aliphatic heterocycles. The quantitative estimate of drug-likeness (QED) is 0.297. The molecule has 0 saturated heterocycles. The largest absolute Gasteiger partial charge is 0.325 e. The Labute approximate surface area is 103 Å². The zero-order valence-corrected chi connectivity index (χ0v) is 11.6. The van der Waals surface area contributed by atoms with Crippen LogP contribution in [0.2, 0.25) is 0 Å². The molecule has 1 N–H and O–H groups in total. The Kier molecular flexibility index (Phi) is 7.72. The highest BCUT2D eigenvalue weighted by Gasteiger charge is 2.06. The molecule has 0 saturated carbocycles. The molecule has 84 valence electrons. The number of H-pyrrole nitrogens is 1. The van der Waals surface area contributed by atoms with Crippen molar-refractivity contribution in [1.82, 2.24) is 9.97 Å². The lowest BCUT2D eigenvalue weighted by Gasteiger charge is -2.02. The highest BCUT2D eigenvalue weighted by atomic mass is 32.2. The molecular formula is C9H14N2OS3. The molecule has 1 aromatic rings. The van der Waals surface area contributed by atoms with Gasteiger partial charge in [-0.3, -0.25) is 4.79 Å². The predicted octanol–water partition coefficient (Wildman–Crippen LogP) is 3.42. The van der Waals surface area contributed by atoms with Crippen molar-refractivity contribution in [3.05, 3.63) is 10.2 Å². The number of aldehydes is 1. The van der Waals surface area contributed by atoms with E-state index in [0.717, 1.165) is 11.4 Å². The summed E-state index contributed by atoms with van der Waals surface area (Å²) in [7, 11) is 0. The second-order valence-electron chi connectivity index (χ2n) is 2.12. The fourth-order valence-electron chi connectivity index (χ4n) is 0.798. The molecule has 3 nitrogen and oxygen atoms in total. The standard InChI is InChI=1S/C7H8N2OS3.C2H6/c1-12-6-4(3-10)5(11)8-7(9-6)13-2;1-2/h3H,1-2H3,(H,8,9,11);1-2H3. The normalized spacial score (nSPS) is 9.07. The summed E-state index contributed by atoms with van der Waals surface area (Å²) < 4.78 is 0.457. The van der Waals surface area contributed by atoms with E-state index in [1.54, 1.807) is 0 Å². The van der Waals surface area contributed by atoms with E-state index >= 15 is 0 Å². The molecule has 0 radical (unpaired) electrons. The van der Waals surface area contributed by atoms with Crippen molar-refractivity contribution in [3.8, 4) is 0 Å². The number of hydrogen-bond acceptors (Lipinski definition) is 5. The van der Waals surface area contributed by atoms with Crippen molar-refractivity contribution in [2.24, 2.45) is 0 Å². The maximum Gasteiger partial charge on any atom is 0.167 e. The first-order chi connectivity index (χ1) is 7.22. The Morgan fingerprint density at radius 2 is 1.93 bits per heavy atom. The molecule has 1 aromatic heterocycles. The van der Waals surface area contributed by atoms with Crippen molar-refractivity contribution in [2.45, 2.75) is 24.0 Å². The van der Waals surface area contributed by atoms with E-state index in [-0.39, 0.29) is 0 Å². The molecular weight excluding hydrogens is 248 g/mol. The topological polar surface area (TPSA) is 45.8 Å². The third-order valence-corrected chi connectivity index (χ3v) is 3.00. The van der Waals surface area contributed by atoms with Crippen LogP contribution in [0.15, 0.2) is 10.2 Å². The van der Waals surface area contributed by atoms with E-state index in [1.807, 2.05) is 26.4 Å². The number of thioether (sulfide) groups is 2. The van der Waals surface area contributed by atoms with Gasteiger partial charge in [-0.15, -0.1) is 11.8 Å². The summed E-state index contributed by atoms with van der Waals surface area (Å²) in [6.07, 6.45) is 4.51. The maximum atomic E-state index is 10.7. The van der Waals surface area contributed by atoms with Crippen LogP contribution < -0.4 is 0 Å². The van der Waals surface area contributed by atoms with E-state index in [1.165, 1.54) is 23.5 Å². The summed E-state index contributed by atoms with van der Waals surface area (Å²) in [5.41, 5.74) is 0.473. The van der Waals surface area contributed by atoms with Crippen LogP contribution in [0.1, 0.15) is 24.2 Å². The fraction of sp³-hybridized carbons (Fsp3) is 0.444. The molecule has 15 heavy (non-hydrogen) atoms. The van der Waals surface area contributed by atoms with Crippen LogP contribution in [0.3, 0.4) is 0 Å². The van der Waals surface area contributed by atoms with Crippen LogP contribution in [0, 0.1) is 4.64 Å². The smallest absolute Gasteiger partial charge is 0.167 e. The van der Waals surface area contributed by atoms with Crippen molar-refractivity contribution in [1.29, 1.82) is 0 Å². The molecule has 0 aliphatic carbocycles. The van der Waals surface area contributed by atoms with Gasteiger partial charge in [0.25, 0.3) is 0 Å². The van der Waals surface area contributed by atoms with Crippen LogP contribution in [0.25, 0.3) is 0 Å². The third-order valence-electron chi connectivity index (χ3n) is 1.40. The van der Waals surface area contributed by atoms with Crippen LogP contribution in [-0.4, -0.2) is 28.8 Å². The molecule has 0 atom stereocenters. The Morgan fingerprint density at radius 3 is 2.33 bits per heavy atom. The number of aromatic amines is 1. The van der Waals surface area contributed by atoms with Gasteiger partial charge in [-0.25, -0.2) is 4.98 Å². The van der Waals surface area contributed by atoms with Crippen LogP contribution in [0.5, 0.6) is 0 Å². The van der Waals surface area contributed by atoms with Gasteiger partial charge in [-0.05, 0) is 12.5 Å². The molecule has 6 heteroatoms. The Bertz CT molecular complexity index is 376. The first kappa shape index (κ1) is 14.7. The average Bonchev–Trinajstić information content (AvgIpc) is 2.30. The minimum atomic E-state index is 0.457. The third kappa shape index (κ3) is 3.96. The molecule has 0 unspecified atom stereocenters. The molecule has 0 bridgehead atoms. The van der Waals surface area contributed by atoms with Gasteiger partial charge < -0.3 is 4.98 Å². The monoisotopic (exact) mass is 262 g/mol. The minimum Gasteiger partial charge on any atom is -0.325 e. The zero-order chi connectivity index (χ0) is 11.8. The lowest BCUT2D eigenvalue weighted by molar-refractivity contribution is 0.111. The van der Waals surface area contributed by atoms with Gasteiger partial charge in [0.15, 0.2) is 11.4 Å². The SMILES string of the molecule is CC.CSc1nc(SC)c(C=O)c(=S)[nH]1. The molecule has 1 rings (SSSR count). The lowest BCUT2D eigenvalue weighted by atomic mass is 10.4. The molecule has 0 aliphatic rings. The van der Waals surface area contributed by atoms with Crippen molar-refractivity contribution in [3.63, 3.8) is 0 Å². The number of hydrogen-bond donors (Lipinski definition) is 1.